The maximum absolute atomic E-state index is 13.3. The number of aryl methyl sites for hydroxylation is 1. The second-order valence-corrected chi connectivity index (χ2v) is 7.67. The molecule has 0 unspecified atom stereocenters. The number of imide groups is 1. The summed E-state index contributed by atoms with van der Waals surface area (Å²) < 4.78 is 1.55. The summed E-state index contributed by atoms with van der Waals surface area (Å²) in [6.07, 6.45) is 0.742. The van der Waals surface area contributed by atoms with Crippen molar-refractivity contribution in [1.82, 2.24) is 20.2 Å². The monoisotopic (exact) mass is 410 g/mol. The Labute approximate surface area is 172 Å². The molecule has 2 aromatic carbocycles. The van der Waals surface area contributed by atoms with Crippen LogP contribution < -0.4 is 16.2 Å². The fourth-order valence-corrected chi connectivity index (χ4v) is 3.84. The number of amides is 3. The van der Waals surface area contributed by atoms with Crippen molar-refractivity contribution in [2.75, 3.05) is 7.05 Å². The van der Waals surface area contributed by atoms with Crippen LogP contribution in [-0.4, -0.2) is 33.8 Å². The maximum atomic E-state index is 13.3. The van der Waals surface area contributed by atoms with Crippen LogP contribution in [0.15, 0.2) is 58.5 Å². The van der Waals surface area contributed by atoms with Crippen LogP contribution in [0, 0.1) is 0 Å². The third-order valence-corrected chi connectivity index (χ3v) is 5.53. The molecule has 1 atom stereocenters. The summed E-state index contributed by atoms with van der Waals surface area (Å²) >= 11 is 1.13. The number of nitrogens with zero attached hydrogens (tertiary/aromatic N) is 2. The maximum Gasteiger partial charge on any atom is 0.321 e. The lowest BCUT2D eigenvalue weighted by atomic mass is 10.1. The molecule has 7 nitrogen and oxygen atoms in total. The van der Waals surface area contributed by atoms with Gasteiger partial charge in [-0.25, -0.2) is 9.78 Å². The number of para-hydroxylation sites is 2. The van der Waals surface area contributed by atoms with E-state index in [2.05, 4.69) is 15.6 Å². The zero-order chi connectivity index (χ0) is 21.0. The normalized spacial score (nSPS) is 11.8. The first-order chi connectivity index (χ1) is 14.0. The quantitative estimate of drug-likeness (QED) is 0.498. The molecule has 29 heavy (non-hydrogen) atoms. The number of aromatic nitrogens is 2. The standard InChI is InChI=1S/C21H22N4O3S/c1-4-14-9-5-8-12-17(14)25-19(27)15-10-6-7-11-16(15)23-21(25)29-13(2)18(26)24-20(28)22-3/h5-13H,4H2,1-3H3,(H2,22,24,26,28)/t13-/m0/s1. The highest BCUT2D eigenvalue weighted by Gasteiger charge is 2.22. The van der Waals surface area contributed by atoms with E-state index in [1.54, 1.807) is 29.7 Å². The molecule has 0 aliphatic heterocycles. The molecule has 0 radical (unpaired) electrons. The first-order valence-electron chi connectivity index (χ1n) is 9.25. The van der Waals surface area contributed by atoms with E-state index >= 15 is 0 Å². The first-order valence-corrected chi connectivity index (χ1v) is 10.1. The minimum Gasteiger partial charge on any atom is -0.341 e. The Bertz CT molecular complexity index is 1130. The van der Waals surface area contributed by atoms with Gasteiger partial charge in [0.25, 0.3) is 5.56 Å². The lowest BCUT2D eigenvalue weighted by molar-refractivity contribution is -0.119. The highest BCUT2D eigenvalue weighted by Crippen LogP contribution is 2.26. The predicted octanol–water partition coefficient (Wildman–Crippen LogP) is 2.88. The number of benzene rings is 2. The zero-order valence-electron chi connectivity index (χ0n) is 16.4. The van der Waals surface area contributed by atoms with Crippen LogP contribution >= 0.6 is 11.8 Å². The van der Waals surface area contributed by atoms with Crippen molar-refractivity contribution in [2.45, 2.75) is 30.7 Å². The van der Waals surface area contributed by atoms with Gasteiger partial charge < -0.3 is 5.32 Å². The molecular formula is C21H22N4O3S. The second kappa shape index (κ2) is 8.91. The SMILES string of the molecule is CCc1ccccc1-n1c(S[C@@H](C)C(=O)NC(=O)NC)nc2ccccc2c1=O. The van der Waals surface area contributed by atoms with Crippen molar-refractivity contribution in [2.24, 2.45) is 0 Å². The van der Waals surface area contributed by atoms with Gasteiger partial charge >= 0.3 is 6.03 Å². The number of carbonyl (C=O) groups is 2. The number of urea groups is 1. The third-order valence-electron chi connectivity index (χ3n) is 4.47. The van der Waals surface area contributed by atoms with Gasteiger partial charge in [-0.15, -0.1) is 0 Å². The number of hydrogen-bond donors (Lipinski definition) is 2. The van der Waals surface area contributed by atoms with Crippen molar-refractivity contribution in [1.29, 1.82) is 0 Å². The van der Waals surface area contributed by atoms with Crippen LogP contribution in [0.25, 0.3) is 16.6 Å². The number of nitrogens with one attached hydrogen (secondary N) is 2. The van der Waals surface area contributed by atoms with Gasteiger partial charge in [-0.3, -0.25) is 19.5 Å². The van der Waals surface area contributed by atoms with Gasteiger partial charge in [-0.2, -0.15) is 0 Å². The fraction of sp³-hybridized carbons (Fsp3) is 0.238. The van der Waals surface area contributed by atoms with E-state index in [9.17, 15) is 14.4 Å². The predicted molar refractivity (Wildman–Crippen MR) is 115 cm³/mol. The molecule has 0 spiro atoms. The largest absolute Gasteiger partial charge is 0.341 e. The van der Waals surface area contributed by atoms with Crippen LogP contribution in [0.2, 0.25) is 0 Å². The number of hydrogen-bond acceptors (Lipinski definition) is 5. The minimum absolute atomic E-state index is 0.196. The van der Waals surface area contributed by atoms with Gasteiger partial charge in [0, 0.05) is 7.05 Å². The molecule has 3 rings (SSSR count). The average Bonchev–Trinajstić information content (AvgIpc) is 2.73. The molecule has 0 saturated heterocycles. The van der Waals surface area contributed by atoms with E-state index in [4.69, 9.17) is 0 Å². The van der Waals surface area contributed by atoms with Gasteiger partial charge in [0.05, 0.1) is 21.8 Å². The number of thioether (sulfide) groups is 1. The van der Waals surface area contributed by atoms with Crippen LogP contribution in [-0.2, 0) is 11.2 Å². The molecule has 0 saturated carbocycles. The summed E-state index contributed by atoms with van der Waals surface area (Å²) in [4.78, 5) is 41.8. The molecule has 3 aromatic rings. The summed E-state index contributed by atoms with van der Waals surface area (Å²) in [6.45, 7) is 3.69. The highest BCUT2D eigenvalue weighted by atomic mass is 32.2. The molecule has 1 aromatic heterocycles. The Hall–Kier alpha value is -3.13. The van der Waals surface area contributed by atoms with Gasteiger partial charge in [0.2, 0.25) is 5.91 Å². The molecule has 8 heteroatoms. The first kappa shape index (κ1) is 20.6. The Kier molecular flexibility index (Phi) is 6.33. The smallest absolute Gasteiger partial charge is 0.321 e. The Morgan fingerprint density at radius 3 is 2.55 bits per heavy atom. The van der Waals surface area contributed by atoms with E-state index in [1.165, 1.54) is 7.05 Å². The topological polar surface area (TPSA) is 93.1 Å². The molecule has 2 N–H and O–H groups in total. The fourth-order valence-electron chi connectivity index (χ4n) is 2.92. The van der Waals surface area contributed by atoms with E-state index < -0.39 is 17.2 Å². The molecular weight excluding hydrogens is 388 g/mol. The number of fused-ring (bicyclic) bond motifs is 1. The van der Waals surface area contributed by atoms with Crippen molar-refractivity contribution < 1.29 is 9.59 Å². The van der Waals surface area contributed by atoms with Crippen LogP contribution in [0.5, 0.6) is 0 Å². The van der Waals surface area contributed by atoms with Crippen molar-refractivity contribution in [3.8, 4) is 5.69 Å². The van der Waals surface area contributed by atoms with Gasteiger partial charge in [0.1, 0.15) is 0 Å². The summed E-state index contributed by atoms with van der Waals surface area (Å²) in [6, 6.07) is 14.2. The molecule has 0 fully saturated rings. The lowest BCUT2D eigenvalue weighted by Crippen LogP contribution is -2.41. The molecule has 3 amide bonds. The van der Waals surface area contributed by atoms with Gasteiger partial charge in [-0.1, -0.05) is 49.0 Å². The van der Waals surface area contributed by atoms with Gasteiger partial charge in [0.15, 0.2) is 5.16 Å². The second-order valence-electron chi connectivity index (χ2n) is 6.36. The molecule has 0 aliphatic rings. The van der Waals surface area contributed by atoms with Crippen molar-refractivity contribution in [3.05, 3.63) is 64.4 Å². The minimum atomic E-state index is -0.639. The number of carbonyl (C=O) groups excluding carboxylic acids is 2. The average molecular weight is 410 g/mol. The van der Waals surface area contributed by atoms with Crippen LogP contribution in [0.4, 0.5) is 4.79 Å². The van der Waals surface area contributed by atoms with Crippen molar-refractivity contribution in [3.63, 3.8) is 0 Å². The third kappa shape index (κ3) is 4.32. The lowest BCUT2D eigenvalue weighted by Gasteiger charge is -2.18. The van der Waals surface area contributed by atoms with E-state index in [0.29, 0.717) is 16.1 Å². The summed E-state index contributed by atoms with van der Waals surface area (Å²) in [5.74, 6) is -0.466. The summed E-state index contributed by atoms with van der Waals surface area (Å²) in [5, 5.41) is 4.87. The number of rotatable bonds is 5. The van der Waals surface area contributed by atoms with Crippen LogP contribution in [0.1, 0.15) is 19.4 Å². The summed E-state index contributed by atoms with van der Waals surface area (Å²) in [7, 11) is 1.44. The van der Waals surface area contributed by atoms with E-state index in [0.717, 1.165) is 29.4 Å². The molecule has 150 valence electrons. The van der Waals surface area contributed by atoms with Crippen LogP contribution in [0.3, 0.4) is 0 Å². The highest BCUT2D eigenvalue weighted by molar-refractivity contribution is 8.00. The Morgan fingerprint density at radius 2 is 1.83 bits per heavy atom. The molecule has 0 bridgehead atoms. The summed E-state index contributed by atoms with van der Waals surface area (Å²) in [5.41, 5.74) is 2.10. The zero-order valence-corrected chi connectivity index (χ0v) is 17.2. The van der Waals surface area contributed by atoms with Gasteiger partial charge in [-0.05, 0) is 37.1 Å². The van der Waals surface area contributed by atoms with E-state index in [-0.39, 0.29) is 5.56 Å². The van der Waals surface area contributed by atoms with Crippen molar-refractivity contribution >= 4 is 34.6 Å². The van der Waals surface area contributed by atoms with E-state index in [1.807, 2.05) is 37.3 Å². The molecule has 1 heterocycles. The Balaban J connectivity index is 2.14. The molecule has 0 aliphatic carbocycles. The Morgan fingerprint density at radius 1 is 1.14 bits per heavy atom.